The molecule has 5 aromatic heterocycles. The molecule has 5 heterocycles. The maximum atomic E-state index is 13.9. The van der Waals surface area contributed by atoms with Crippen molar-refractivity contribution in [1.82, 2.24) is 30.1 Å². The molecule has 0 bridgehead atoms. The summed E-state index contributed by atoms with van der Waals surface area (Å²) in [6.45, 7) is 0. The highest BCUT2D eigenvalue weighted by atomic mass is 19.1. The van der Waals surface area contributed by atoms with Crippen LogP contribution in [0.1, 0.15) is 0 Å². The average molecular weight is 465 g/mol. The van der Waals surface area contributed by atoms with Gasteiger partial charge in [-0.15, -0.1) is 0 Å². The molecule has 0 atom stereocenters. The van der Waals surface area contributed by atoms with Gasteiger partial charge < -0.3 is 15.0 Å². The van der Waals surface area contributed by atoms with E-state index in [2.05, 4.69) is 25.1 Å². The van der Waals surface area contributed by atoms with Crippen molar-refractivity contribution in [2.75, 3.05) is 19.0 Å². The van der Waals surface area contributed by atoms with Crippen LogP contribution in [0.15, 0.2) is 67.3 Å². The number of hydrogen-bond acceptors (Lipinski definition) is 6. The van der Waals surface area contributed by atoms with Gasteiger partial charge in [0.1, 0.15) is 22.8 Å². The predicted molar refractivity (Wildman–Crippen MR) is 134 cm³/mol. The highest BCUT2D eigenvalue weighted by Crippen LogP contribution is 2.35. The molecule has 8 nitrogen and oxygen atoms in total. The summed E-state index contributed by atoms with van der Waals surface area (Å²) in [6.07, 6.45) is 6.95. The van der Waals surface area contributed by atoms with Crippen LogP contribution in [-0.4, -0.2) is 49.3 Å². The fourth-order valence-corrected chi connectivity index (χ4v) is 4.20. The summed E-state index contributed by atoms with van der Waals surface area (Å²) in [6, 6.07) is 11.8. The van der Waals surface area contributed by atoms with Crippen molar-refractivity contribution in [3.63, 3.8) is 0 Å². The first-order valence-electron chi connectivity index (χ1n) is 10.9. The number of phenolic OH excluding ortho intramolecular Hbond substituents is 1. The second-order valence-electron chi connectivity index (χ2n) is 8.52. The maximum Gasteiger partial charge on any atom is 0.135 e. The largest absolute Gasteiger partial charge is 0.508 e. The quantitative estimate of drug-likeness (QED) is 0.333. The van der Waals surface area contributed by atoms with E-state index in [0.717, 1.165) is 45.1 Å². The summed E-state index contributed by atoms with van der Waals surface area (Å²) in [5.74, 6) is -0.661. The lowest BCUT2D eigenvalue weighted by Gasteiger charge is -2.12. The fraction of sp³-hybridized carbons (Fsp3) is 0.0769. The average Bonchev–Trinajstić information content (AvgIpc) is 3.47. The van der Waals surface area contributed by atoms with Crippen LogP contribution >= 0.6 is 0 Å². The molecule has 6 rings (SSSR count). The Kier molecular flexibility index (Phi) is 4.70. The van der Waals surface area contributed by atoms with Gasteiger partial charge in [-0.05, 0) is 42.0 Å². The van der Waals surface area contributed by atoms with Crippen LogP contribution < -0.4 is 4.90 Å². The number of rotatable bonds is 4. The Labute approximate surface area is 199 Å². The smallest absolute Gasteiger partial charge is 0.135 e. The van der Waals surface area contributed by atoms with Crippen molar-refractivity contribution < 1.29 is 9.50 Å². The molecule has 0 fully saturated rings. The third-order valence-corrected chi connectivity index (χ3v) is 5.94. The minimum atomic E-state index is -0.518. The first-order valence-corrected chi connectivity index (χ1v) is 10.9. The van der Waals surface area contributed by atoms with Gasteiger partial charge in [0, 0.05) is 49.1 Å². The molecule has 0 saturated carbocycles. The number of phenols is 1. The van der Waals surface area contributed by atoms with Gasteiger partial charge in [0.25, 0.3) is 0 Å². The summed E-state index contributed by atoms with van der Waals surface area (Å²) in [5, 5.41) is 18.3. The van der Waals surface area contributed by atoms with Crippen LogP contribution in [0, 0.1) is 5.82 Å². The van der Waals surface area contributed by atoms with Gasteiger partial charge in [0.2, 0.25) is 0 Å². The lowest BCUT2D eigenvalue weighted by Crippen LogP contribution is -2.08. The molecule has 9 heteroatoms. The van der Waals surface area contributed by atoms with Gasteiger partial charge >= 0.3 is 0 Å². The lowest BCUT2D eigenvalue weighted by molar-refractivity contribution is 0.469. The van der Waals surface area contributed by atoms with Crippen LogP contribution in [-0.2, 0) is 0 Å². The van der Waals surface area contributed by atoms with Gasteiger partial charge in [0.15, 0.2) is 0 Å². The van der Waals surface area contributed by atoms with E-state index in [-0.39, 0.29) is 5.75 Å². The zero-order chi connectivity index (χ0) is 24.1. The number of aromatic nitrogens is 6. The van der Waals surface area contributed by atoms with E-state index in [0.29, 0.717) is 22.3 Å². The van der Waals surface area contributed by atoms with E-state index in [4.69, 9.17) is 4.98 Å². The molecule has 0 aliphatic rings. The molecule has 0 radical (unpaired) electrons. The number of aromatic hydroxyl groups is 1. The molecule has 0 aliphatic heterocycles. The van der Waals surface area contributed by atoms with Gasteiger partial charge in [-0.2, -0.15) is 5.10 Å². The Morgan fingerprint density at radius 1 is 0.886 bits per heavy atom. The number of nitrogens with one attached hydrogen (secondary N) is 2. The standard InChI is InChI=1S/C26H20FN7O/c1-34(2)17-6-15(10-28-11-17)21-3-4-22-25(31-21)26(33-32-22)23-9-19-20(12-29-13-24(19)30-23)14-5-16(27)8-18(35)7-14/h3-13,30,35H,1-2H3,(H,32,33). The number of pyridine rings is 3. The number of nitrogens with zero attached hydrogens (tertiary/aromatic N) is 5. The number of H-pyrrole nitrogens is 2. The van der Waals surface area contributed by atoms with Crippen LogP contribution in [0.25, 0.3) is 55.7 Å². The minimum absolute atomic E-state index is 0.143. The van der Waals surface area contributed by atoms with Crippen molar-refractivity contribution in [3.05, 3.63) is 73.1 Å². The SMILES string of the molecule is CN(C)c1cncc(-c2ccc3[nH]nc(-c4cc5c(-c6cc(O)cc(F)c6)cncc5[nH]4)c3n2)c1. The number of halogens is 1. The van der Waals surface area contributed by atoms with E-state index >= 15 is 0 Å². The van der Waals surface area contributed by atoms with Crippen LogP contribution in [0.5, 0.6) is 5.75 Å². The molecule has 0 amide bonds. The van der Waals surface area contributed by atoms with Crippen LogP contribution in [0.2, 0.25) is 0 Å². The first kappa shape index (κ1) is 20.8. The van der Waals surface area contributed by atoms with Gasteiger partial charge in [-0.3, -0.25) is 15.1 Å². The molecular weight excluding hydrogens is 445 g/mol. The fourth-order valence-electron chi connectivity index (χ4n) is 4.20. The number of benzene rings is 1. The molecular formula is C26H20FN7O. The number of fused-ring (bicyclic) bond motifs is 2. The third kappa shape index (κ3) is 3.63. The molecule has 0 aliphatic carbocycles. The van der Waals surface area contributed by atoms with E-state index in [1.54, 1.807) is 24.8 Å². The third-order valence-electron chi connectivity index (χ3n) is 5.94. The second-order valence-corrected chi connectivity index (χ2v) is 8.52. The summed E-state index contributed by atoms with van der Waals surface area (Å²) in [5.41, 5.74) is 7.56. The normalized spacial score (nSPS) is 11.4. The summed E-state index contributed by atoms with van der Waals surface area (Å²) in [4.78, 5) is 18.9. The first-order chi connectivity index (χ1) is 17.0. The van der Waals surface area contributed by atoms with E-state index in [1.807, 2.05) is 43.3 Å². The topological polar surface area (TPSA) is 107 Å². The number of aromatic amines is 2. The molecule has 0 unspecified atom stereocenters. The van der Waals surface area contributed by atoms with Crippen LogP contribution in [0.3, 0.4) is 0 Å². The van der Waals surface area contributed by atoms with Crippen LogP contribution in [0.4, 0.5) is 10.1 Å². The Morgan fingerprint density at radius 3 is 2.57 bits per heavy atom. The Bertz CT molecular complexity index is 1700. The van der Waals surface area contributed by atoms with Crippen molar-refractivity contribution in [2.24, 2.45) is 0 Å². The van der Waals surface area contributed by atoms with E-state index < -0.39 is 5.82 Å². The summed E-state index contributed by atoms with van der Waals surface area (Å²) >= 11 is 0. The highest BCUT2D eigenvalue weighted by molar-refractivity contribution is 6.00. The molecule has 35 heavy (non-hydrogen) atoms. The monoisotopic (exact) mass is 465 g/mol. The Balaban J connectivity index is 1.48. The number of hydrogen-bond donors (Lipinski definition) is 3. The van der Waals surface area contributed by atoms with Crippen molar-refractivity contribution >= 4 is 27.6 Å². The summed E-state index contributed by atoms with van der Waals surface area (Å²) in [7, 11) is 3.94. The Morgan fingerprint density at radius 2 is 1.74 bits per heavy atom. The van der Waals surface area contributed by atoms with E-state index in [9.17, 15) is 9.50 Å². The molecule has 0 saturated heterocycles. The van der Waals surface area contributed by atoms with Gasteiger partial charge in [-0.1, -0.05) is 0 Å². The van der Waals surface area contributed by atoms with Crippen molar-refractivity contribution in [3.8, 4) is 39.5 Å². The maximum absolute atomic E-state index is 13.9. The molecule has 6 aromatic rings. The van der Waals surface area contributed by atoms with Crippen molar-refractivity contribution in [2.45, 2.75) is 0 Å². The number of anilines is 1. The molecule has 172 valence electrons. The van der Waals surface area contributed by atoms with Gasteiger partial charge in [0.05, 0.1) is 40.5 Å². The Hall–Kier alpha value is -4.79. The molecule has 0 spiro atoms. The highest BCUT2D eigenvalue weighted by Gasteiger charge is 2.16. The van der Waals surface area contributed by atoms with E-state index in [1.165, 1.54) is 12.1 Å². The molecule has 1 aromatic carbocycles. The second kappa shape index (κ2) is 7.91. The lowest BCUT2D eigenvalue weighted by atomic mass is 10.0. The summed E-state index contributed by atoms with van der Waals surface area (Å²) < 4.78 is 13.9. The zero-order valence-electron chi connectivity index (χ0n) is 18.9. The predicted octanol–water partition coefficient (Wildman–Crippen LogP) is 5.14. The molecule has 3 N–H and O–H groups in total. The minimum Gasteiger partial charge on any atom is -0.508 e. The van der Waals surface area contributed by atoms with Crippen molar-refractivity contribution in [1.29, 1.82) is 0 Å². The zero-order valence-corrected chi connectivity index (χ0v) is 18.9. The van der Waals surface area contributed by atoms with Gasteiger partial charge in [-0.25, -0.2) is 9.37 Å².